The summed E-state index contributed by atoms with van der Waals surface area (Å²) < 4.78 is 41.8. The van der Waals surface area contributed by atoms with Gasteiger partial charge in [-0.15, -0.1) is 13.2 Å². The van der Waals surface area contributed by atoms with Gasteiger partial charge in [-0.2, -0.15) is 5.10 Å². The Labute approximate surface area is 146 Å². The van der Waals surface area contributed by atoms with Gasteiger partial charge in [-0.25, -0.2) is 4.68 Å². The quantitative estimate of drug-likeness (QED) is 0.611. The second kappa shape index (κ2) is 6.91. The highest BCUT2D eigenvalue weighted by molar-refractivity contribution is 6.30. The fraction of sp³-hybridized carbons (Fsp3) is 0.0556. The van der Waals surface area contributed by atoms with E-state index in [-0.39, 0.29) is 5.75 Å². The molecule has 0 saturated carbocycles. The van der Waals surface area contributed by atoms with Gasteiger partial charge in [-0.3, -0.25) is 0 Å². The van der Waals surface area contributed by atoms with Crippen molar-refractivity contribution in [1.29, 1.82) is 0 Å². The van der Waals surface area contributed by atoms with Gasteiger partial charge in [-0.1, -0.05) is 29.5 Å². The summed E-state index contributed by atoms with van der Waals surface area (Å²) >= 11 is 5.90. The van der Waals surface area contributed by atoms with Crippen LogP contribution in [0.1, 0.15) is 11.1 Å². The third-order valence-electron chi connectivity index (χ3n) is 3.09. The van der Waals surface area contributed by atoms with Gasteiger partial charge in [0.15, 0.2) is 0 Å². The Balaban J connectivity index is 1.76. The van der Waals surface area contributed by atoms with Crippen molar-refractivity contribution in [2.24, 2.45) is 0 Å². The molecule has 0 radical (unpaired) electrons. The predicted octanol–water partition coefficient (Wildman–Crippen LogP) is 4.82. The van der Waals surface area contributed by atoms with E-state index >= 15 is 0 Å². The molecule has 25 heavy (non-hydrogen) atoms. The molecular formula is C18H10ClF3N2O. The summed E-state index contributed by atoms with van der Waals surface area (Å²) in [7, 11) is 0. The second-order valence-corrected chi connectivity index (χ2v) is 5.41. The number of rotatable bonds is 2. The standard InChI is InChI=1S/C18H10ClF3N2O/c19-15-3-1-2-13(10-15)4-5-14-11-23-24(12-14)16-6-8-17(9-7-16)25-18(20,21)22/h1-3,6-12H. The lowest BCUT2D eigenvalue weighted by atomic mass is 10.2. The van der Waals surface area contributed by atoms with Crippen LogP contribution >= 0.6 is 11.6 Å². The number of ether oxygens (including phenoxy) is 1. The number of hydrogen-bond acceptors (Lipinski definition) is 2. The Morgan fingerprint density at radius 1 is 1.00 bits per heavy atom. The zero-order valence-electron chi connectivity index (χ0n) is 12.6. The van der Waals surface area contributed by atoms with Crippen LogP contribution < -0.4 is 4.74 Å². The van der Waals surface area contributed by atoms with E-state index in [9.17, 15) is 13.2 Å². The number of alkyl halides is 3. The largest absolute Gasteiger partial charge is 0.573 e. The van der Waals surface area contributed by atoms with Gasteiger partial charge >= 0.3 is 6.36 Å². The van der Waals surface area contributed by atoms with E-state index in [4.69, 9.17) is 11.6 Å². The zero-order valence-corrected chi connectivity index (χ0v) is 13.3. The monoisotopic (exact) mass is 362 g/mol. The molecule has 1 aromatic heterocycles. The lowest BCUT2D eigenvalue weighted by Gasteiger charge is -2.09. The minimum Gasteiger partial charge on any atom is -0.406 e. The molecule has 0 aliphatic rings. The van der Waals surface area contributed by atoms with Gasteiger partial charge in [0.05, 0.1) is 17.4 Å². The molecule has 0 spiro atoms. The molecular weight excluding hydrogens is 353 g/mol. The van der Waals surface area contributed by atoms with E-state index in [0.29, 0.717) is 16.3 Å². The van der Waals surface area contributed by atoms with E-state index in [2.05, 4.69) is 21.7 Å². The van der Waals surface area contributed by atoms with E-state index in [1.54, 1.807) is 30.6 Å². The molecule has 0 aliphatic carbocycles. The highest BCUT2D eigenvalue weighted by Crippen LogP contribution is 2.23. The van der Waals surface area contributed by atoms with Gasteiger partial charge in [0.1, 0.15) is 5.75 Å². The summed E-state index contributed by atoms with van der Waals surface area (Å²) in [6.07, 6.45) is -1.47. The van der Waals surface area contributed by atoms with Crippen LogP contribution in [0.5, 0.6) is 5.75 Å². The van der Waals surface area contributed by atoms with Gasteiger partial charge in [0.25, 0.3) is 0 Å². The van der Waals surface area contributed by atoms with E-state index in [1.807, 2.05) is 6.07 Å². The highest BCUT2D eigenvalue weighted by atomic mass is 35.5. The number of halogens is 4. The summed E-state index contributed by atoms with van der Waals surface area (Å²) in [5.41, 5.74) is 2.02. The number of hydrogen-bond donors (Lipinski definition) is 0. The van der Waals surface area contributed by atoms with Crippen LogP contribution in [0.4, 0.5) is 13.2 Å². The smallest absolute Gasteiger partial charge is 0.406 e. The van der Waals surface area contributed by atoms with Crippen molar-refractivity contribution in [3.8, 4) is 23.3 Å². The van der Waals surface area contributed by atoms with Crippen LogP contribution in [-0.2, 0) is 0 Å². The SMILES string of the molecule is FC(F)(F)Oc1ccc(-n2cc(C#Cc3cccc(Cl)c3)cn2)cc1. The van der Waals surface area contributed by atoms with E-state index in [1.165, 1.54) is 28.9 Å². The topological polar surface area (TPSA) is 27.1 Å². The molecule has 0 atom stereocenters. The minimum absolute atomic E-state index is 0.288. The van der Waals surface area contributed by atoms with E-state index in [0.717, 1.165) is 5.56 Å². The van der Waals surface area contributed by atoms with Crippen molar-refractivity contribution in [2.75, 3.05) is 0 Å². The first-order valence-corrected chi connectivity index (χ1v) is 7.45. The normalized spacial score (nSPS) is 10.9. The van der Waals surface area contributed by atoms with Gasteiger partial charge < -0.3 is 4.74 Å². The molecule has 0 unspecified atom stereocenters. The Kier molecular flexibility index (Phi) is 4.68. The highest BCUT2D eigenvalue weighted by Gasteiger charge is 2.30. The molecule has 0 saturated heterocycles. The van der Waals surface area contributed by atoms with Crippen molar-refractivity contribution in [2.45, 2.75) is 6.36 Å². The van der Waals surface area contributed by atoms with Crippen LogP contribution in [0.2, 0.25) is 5.02 Å². The lowest BCUT2D eigenvalue weighted by molar-refractivity contribution is -0.274. The summed E-state index contributed by atoms with van der Waals surface area (Å²) in [6, 6.07) is 12.5. The first-order valence-electron chi connectivity index (χ1n) is 7.07. The Bertz CT molecular complexity index is 937. The molecule has 3 rings (SSSR count). The maximum absolute atomic E-state index is 12.2. The van der Waals surface area contributed by atoms with Crippen molar-refractivity contribution >= 4 is 11.6 Å². The fourth-order valence-corrected chi connectivity index (χ4v) is 2.23. The third kappa shape index (κ3) is 4.78. The van der Waals surface area contributed by atoms with Crippen molar-refractivity contribution in [1.82, 2.24) is 9.78 Å². The Hall–Kier alpha value is -2.91. The molecule has 2 aromatic carbocycles. The number of benzene rings is 2. The van der Waals surface area contributed by atoms with Gasteiger partial charge in [-0.05, 0) is 42.5 Å². The molecule has 0 amide bonds. The van der Waals surface area contributed by atoms with Crippen LogP contribution in [0, 0.1) is 11.8 Å². The molecule has 1 heterocycles. The molecule has 0 N–H and O–H groups in total. The van der Waals surface area contributed by atoms with Crippen LogP contribution in [0.3, 0.4) is 0 Å². The molecule has 0 fully saturated rings. The fourth-order valence-electron chi connectivity index (χ4n) is 2.04. The van der Waals surface area contributed by atoms with Crippen molar-refractivity contribution in [3.05, 3.63) is 77.1 Å². The summed E-state index contributed by atoms with van der Waals surface area (Å²) in [5, 5.41) is 4.75. The maximum atomic E-state index is 12.2. The second-order valence-electron chi connectivity index (χ2n) is 4.98. The van der Waals surface area contributed by atoms with Crippen molar-refractivity contribution < 1.29 is 17.9 Å². The molecule has 3 aromatic rings. The maximum Gasteiger partial charge on any atom is 0.573 e. The van der Waals surface area contributed by atoms with Gasteiger partial charge in [0.2, 0.25) is 0 Å². The lowest BCUT2D eigenvalue weighted by Crippen LogP contribution is -2.17. The first kappa shape index (κ1) is 16.9. The molecule has 3 nitrogen and oxygen atoms in total. The summed E-state index contributed by atoms with van der Waals surface area (Å²) in [5.74, 6) is 5.64. The predicted molar refractivity (Wildman–Crippen MR) is 87.7 cm³/mol. The molecule has 0 aliphatic heterocycles. The van der Waals surface area contributed by atoms with Crippen molar-refractivity contribution in [3.63, 3.8) is 0 Å². The van der Waals surface area contributed by atoms with Crippen LogP contribution in [-0.4, -0.2) is 16.1 Å². The summed E-state index contributed by atoms with van der Waals surface area (Å²) in [4.78, 5) is 0. The third-order valence-corrected chi connectivity index (χ3v) is 3.33. The van der Waals surface area contributed by atoms with Gasteiger partial charge in [0, 0.05) is 16.8 Å². The van der Waals surface area contributed by atoms with Crippen LogP contribution in [0.15, 0.2) is 60.9 Å². The van der Waals surface area contributed by atoms with E-state index < -0.39 is 6.36 Å². The average Bonchev–Trinajstić information content (AvgIpc) is 3.01. The number of aromatic nitrogens is 2. The average molecular weight is 363 g/mol. The number of nitrogens with zero attached hydrogens (tertiary/aromatic N) is 2. The Morgan fingerprint density at radius 3 is 2.40 bits per heavy atom. The first-order chi connectivity index (χ1) is 11.9. The zero-order chi connectivity index (χ0) is 17.9. The summed E-state index contributed by atoms with van der Waals surface area (Å²) in [6.45, 7) is 0. The molecule has 126 valence electrons. The Morgan fingerprint density at radius 2 is 1.72 bits per heavy atom. The minimum atomic E-state index is -4.71. The molecule has 0 bridgehead atoms. The molecule has 7 heteroatoms. The van der Waals surface area contributed by atoms with Crippen LogP contribution in [0.25, 0.3) is 5.69 Å².